The van der Waals surface area contributed by atoms with Gasteiger partial charge in [-0.3, -0.25) is 9.59 Å². The molecule has 0 bridgehead atoms. The zero-order valence-corrected chi connectivity index (χ0v) is 20.2. The lowest BCUT2D eigenvalue weighted by Gasteiger charge is -2.12. The first kappa shape index (κ1) is 23.3. The minimum absolute atomic E-state index is 0.172. The van der Waals surface area contributed by atoms with E-state index in [1.807, 2.05) is 12.1 Å². The summed E-state index contributed by atoms with van der Waals surface area (Å²) in [6, 6.07) is 8.72. The Bertz CT molecular complexity index is 1230. The van der Waals surface area contributed by atoms with Crippen LogP contribution in [0.2, 0.25) is 0 Å². The van der Waals surface area contributed by atoms with Crippen LogP contribution in [-0.4, -0.2) is 28.5 Å². The van der Waals surface area contributed by atoms with Crippen LogP contribution in [0.25, 0.3) is 0 Å². The van der Waals surface area contributed by atoms with Crippen LogP contribution in [0.1, 0.15) is 62.2 Å². The van der Waals surface area contributed by atoms with Gasteiger partial charge in [-0.1, -0.05) is 23.9 Å². The van der Waals surface area contributed by atoms with Crippen molar-refractivity contribution < 1.29 is 14.3 Å². The summed E-state index contributed by atoms with van der Waals surface area (Å²) in [5.74, 6) is -0.0238. The summed E-state index contributed by atoms with van der Waals surface area (Å²) in [4.78, 5) is 45.3. The summed E-state index contributed by atoms with van der Waals surface area (Å²) in [7, 11) is 0. The van der Waals surface area contributed by atoms with Crippen LogP contribution in [-0.2, 0) is 23.3 Å². The van der Waals surface area contributed by atoms with Gasteiger partial charge >= 0.3 is 5.97 Å². The summed E-state index contributed by atoms with van der Waals surface area (Å²) in [5.41, 5.74) is 3.54. The maximum Gasteiger partial charge on any atom is 0.341 e. The molecule has 2 heterocycles. The normalized spacial score (nSPS) is 12.8. The van der Waals surface area contributed by atoms with Crippen molar-refractivity contribution in [2.45, 2.75) is 50.4 Å². The molecule has 2 N–H and O–H groups in total. The molecule has 4 rings (SSSR count). The van der Waals surface area contributed by atoms with Gasteiger partial charge in [0, 0.05) is 28.0 Å². The summed E-state index contributed by atoms with van der Waals surface area (Å²) >= 11 is 2.91. The second-order valence-electron chi connectivity index (χ2n) is 7.77. The Morgan fingerprint density at radius 2 is 1.97 bits per heavy atom. The van der Waals surface area contributed by atoms with Gasteiger partial charge in [0.15, 0.2) is 5.16 Å². The van der Waals surface area contributed by atoms with Crippen LogP contribution in [0.5, 0.6) is 0 Å². The summed E-state index contributed by atoms with van der Waals surface area (Å²) < 4.78 is 5.26. The molecule has 0 saturated heterocycles. The number of aryl methyl sites for hydroxylation is 2. The first-order valence-corrected chi connectivity index (χ1v) is 12.7. The first-order chi connectivity index (χ1) is 15.9. The van der Waals surface area contributed by atoms with Gasteiger partial charge in [0.2, 0.25) is 0 Å². The molecule has 1 aromatic carbocycles. The van der Waals surface area contributed by atoms with Crippen LogP contribution in [0.4, 0.5) is 5.00 Å². The SMILES string of the molecule is CCOC(=O)c1c(NC(=O)c2ccc(CSc3nc(C)cc(=O)[nH]3)cc2)sc2c1CCCC2. The number of anilines is 1. The van der Waals surface area contributed by atoms with E-state index in [1.54, 1.807) is 26.0 Å². The van der Waals surface area contributed by atoms with E-state index in [2.05, 4.69) is 15.3 Å². The monoisotopic (exact) mass is 483 g/mol. The van der Waals surface area contributed by atoms with Crippen molar-refractivity contribution in [3.63, 3.8) is 0 Å². The number of ether oxygens (including phenoxy) is 1. The van der Waals surface area contributed by atoms with E-state index in [9.17, 15) is 14.4 Å². The van der Waals surface area contributed by atoms with Crippen LogP contribution in [0, 0.1) is 6.92 Å². The van der Waals surface area contributed by atoms with Crippen LogP contribution >= 0.6 is 23.1 Å². The summed E-state index contributed by atoms with van der Waals surface area (Å²) in [6.45, 7) is 3.85. The van der Waals surface area contributed by atoms with Gasteiger partial charge in [-0.25, -0.2) is 9.78 Å². The highest BCUT2D eigenvalue weighted by Crippen LogP contribution is 2.38. The number of aromatic nitrogens is 2. The lowest BCUT2D eigenvalue weighted by molar-refractivity contribution is 0.0526. The molecule has 1 amide bonds. The lowest BCUT2D eigenvalue weighted by Crippen LogP contribution is -2.15. The Balaban J connectivity index is 1.46. The highest BCUT2D eigenvalue weighted by molar-refractivity contribution is 7.98. The molecular formula is C24H25N3O4S2. The second-order valence-corrected chi connectivity index (χ2v) is 9.84. The maximum absolute atomic E-state index is 12.9. The Labute approximate surface area is 200 Å². The second kappa shape index (κ2) is 10.4. The number of nitrogens with zero attached hydrogens (tertiary/aromatic N) is 1. The number of carbonyl (C=O) groups excluding carboxylic acids is 2. The van der Waals surface area contributed by atoms with Crippen LogP contribution < -0.4 is 10.9 Å². The largest absolute Gasteiger partial charge is 0.462 e. The van der Waals surface area contributed by atoms with Gasteiger partial charge in [-0.2, -0.15) is 0 Å². The fourth-order valence-corrected chi connectivity index (χ4v) is 5.92. The molecule has 0 fully saturated rings. The number of benzene rings is 1. The number of nitrogens with one attached hydrogen (secondary N) is 2. The average molecular weight is 484 g/mol. The Morgan fingerprint density at radius 3 is 2.70 bits per heavy atom. The first-order valence-electron chi connectivity index (χ1n) is 10.9. The third kappa shape index (κ3) is 5.54. The molecule has 172 valence electrons. The number of aromatic amines is 1. The third-order valence-electron chi connectivity index (χ3n) is 5.32. The minimum atomic E-state index is -0.373. The summed E-state index contributed by atoms with van der Waals surface area (Å²) in [5, 5.41) is 4.07. The molecule has 0 aliphatic heterocycles. The van der Waals surface area contributed by atoms with E-state index >= 15 is 0 Å². The molecule has 3 aromatic rings. The standard InChI is InChI=1S/C24H25N3O4S2/c1-3-31-23(30)20-17-6-4-5-7-18(17)33-22(20)27-21(29)16-10-8-15(9-11-16)13-32-24-25-14(2)12-19(28)26-24/h8-12H,3-7,13H2,1-2H3,(H,27,29)(H,25,26,28). The van der Waals surface area contributed by atoms with Gasteiger partial charge in [0.05, 0.1) is 12.2 Å². The number of esters is 1. The lowest BCUT2D eigenvalue weighted by atomic mass is 9.95. The fraction of sp³-hybridized carbons (Fsp3) is 0.333. The van der Waals surface area contributed by atoms with Gasteiger partial charge in [0.25, 0.3) is 11.5 Å². The van der Waals surface area contributed by atoms with Gasteiger partial charge in [-0.05, 0) is 62.8 Å². The van der Waals surface area contributed by atoms with Crippen molar-refractivity contribution in [3.05, 3.63) is 73.5 Å². The molecule has 2 aromatic heterocycles. The molecule has 1 aliphatic carbocycles. The third-order valence-corrected chi connectivity index (χ3v) is 7.47. The van der Waals surface area contributed by atoms with E-state index in [1.165, 1.54) is 29.2 Å². The Hall–Kier alpha value is -2.91. The number of thiophene rings is 1. The van der Waals surface area contributed by atoms with Crippen molar-refractivity contribution in [2.75, 3.05) is 11.9 Å². The Morgan fingerprint density at radius 1 is 1.21 bits per heavy atom. The number of hydrogen-bond donors (Lipinski definition) is 2. The molecule has 0 spiro atoms. The molecule has 7 nitrogen and oxygen atoms in total. The van der Waals surface area contributed by atoms with Crippen molar-refractivity contribution in [3.8, 4) is 0 Å². The number of fused-ring (bicyclic) bond motifs is 1. The zero-order valence-electron chi connectivity index (χ0n) is 18.5. The predicted octanol–water partition coefficient (Wildman–Crippen LogP) is 4.74. The van der Waals surface area contributed by atoms with E-state index in [-0.39, 0.29) is 17.4 Å². The maximum atomic E-state index is 12.9. The molecule has 1 aliphatic rings. The minimum Gasteiger partial charge on any atom is -0.462 e. The highest BCUT2D eigenvalue weighted by Gasteiger charge is 2.27. The Kier molecular flexibility index (Phi) is 7.29. The number of H-pyrrole nitrogens is 1. The van der Waals surface area contributed by atoms with Gasteiger partial charge in [-0.15, -0.1) is 11.3 Å². The van der Waals surface area contributed by atoms with E-state index < -0.39 is 0 Å². The van der Waals surface area contributed by atoms with Crippen LogP contribution in [0.3, 0.4) is 0 Å². The number of thioether (sulfide) groups is 1. The smallest absolute Gasteiger partial charge is 0.341 e. The van der Waals surface area contributed by atoms with E-state index in [0.717, 1.165) is 41.7 Å². The van der Waals surface area contributed by atoms with Gasteiger partial charge in [0.1, 0.15) is 5.00 Å². The van der Waals surface area contributed by atoms with Crippen LogP contribution in [0.15, 0.2) is 40.3 Å². The topological polar surface area (TPSA) is 101 Å². The summed E-state index contributed by atoms with van der Waals surface area (Å²) in [6.07, 6.45) is 3.89. The molecule has 0 atom stereocenters. The van der Waals surface area contributed by atoms with E-state index in [0.29, 0.717) is 39.3 Å². The molecule has 0 saturated carbocycles. The number of amides is 1. The number of hydrogen-bond acceptors (Lipinski definition) is 7. The number of rotatable bonds is 7. The average Bonchev–Trinajstić information content (AvgIpc) is 3.15. The zero-order chi connectivity index (χ0) is 23.4. The highest BCUT2D eigenvalue weighted by atomic mass is 32.2. The van der Waals surface area contributed by atoms with Crippen molar-refractivity contribution >= 4 is 40.0 Å². The fourth-order valence-electron chi connectivity index (χ4n) is 3.77. The molecule has 33 heavy (non-hydrogen) atoms. The van der Waals surface area contributed by atoms with Gasteiger partial charge < -0.3 is 15.0 Å². The number of carbonyl (C=O) groups is 2. The quantitative estimate of drug-likeness (QED) is 0.286. The van der Waals surface area contributed by atoms with Crippen molar-refractivity contribution in [1.29, 1.82) is 0 Å². The van der Waals surface area contributed by atoms with E-state index in [4.69, 9.17) is 4.74 Å². The molecule has 9 heteroatoms. The molecular weight excluding hydrogens is 458 g/mol. The predicted molar refractivity (Wildman–Crippen MR) is 130 cm³/mol. The van der Waals surface area contributed by atoms with Crippen molar-refractivity contribution in [1.82, 2.24) is 9.97 Å². The van der Waals surface area contributed by atoms with Crippen molar-refractivity contribution in [2.24, 2.45) is 0 Å². The molecule has 0 radical (unpaired) electrons. The molecule has 0 unspecified atom stereocenters.